The normalized spacial score (nSPS) is 11.6. The highest BCUT2D eigenvalue weighted by Crippen LogP contribution is 2.24. The summed E-state index contributed by atoms with van der Waals surface area (Å²) in [7, 11) is 0. The Kier molecular flexibility index (Phi) is 6.51. The lowest BCUT2D eigenvalue weighted by Crippen LogP contribution is -2.32. The molecule has 4 rings (SSSR count). The second-order valence-electron chi connectivity index (χ2n) is 7.41. The van der Waals surface area contributed by atoms with Gasteiger partial charge in [-0.05, 0) is 48.4 Å². The first-order chi connectivity index (χ1) is 16.1. The molecule has 0 radical (unpaired) electrons. The summed E-state index contributed by atoms with van der Waals surface area (Å²) >= 11 is 0. The van der Waals surface area contributed by atoms with Gasteiger partial charge in [0.15, 0.2) is 0 Å². The van der Waals surface area contributed by atoms with E-state index in [0.29, 0.717) is 17.2 Å². The first-order valence-corrected chi connectivity index (χ1v) is 10.6. The molecule has 0 aliphatic rings. The number of carbonyl (C=O) groups is 1. The molecular weight excluding hydrogens is 420 g/mol. The maximum atomic E-state index is 13.2. The SMILES string of the molecule is CCc1ccc(Oc2nc3ccccn3c(=O)c2CC(C#N)C(=O)NCc2ccco2)cc1. The molecule has 8 heteroatoms. The lowest BCUT2D eigenvalue weighted by Gasteiger charge is -2.14. The predicted octanol–water partition coefficient (Wildman–Crippen LogP) is 3.64. The van der Waals surface area contributed by atoms with Crippen molar-refractivity contribution in [3.05, 3.63) is 94.3 Å². The highest BCUT2D eigenvalue weighted by Gasteiger charge is 2.24. The minimum Gasteiger partial charge on any atom is -0.467 e. The molecule has 1 unspecified atom stereocenters. The number of hydrogen-bond acceptors (Lipinski definition) is 6. The Morgan fingerprint density at radius 1 is 1.21 bits per heavy atom. The Hall–Kier alpha value is -4.38. The van der Waals surface area contributed by atoms with Crippen molar-refractivity contribution in [3.63, 3.8) is 0 Å². The van der Waals surface area contributed by atoms with Gasteiger partial charge >= 0.3 is 0 Å². The van der Waals surface area contributed by atoms with Crippen molar-refractivity contribution in [2.75, 3.05) is 0 Å². The van der Waals surface area contributed by atoms with Gasteiger partial charge in [0.25, 0.3) is 5.56 Å². The van der Waals surface area contributed by atoms with Crippen molar-refractivity contribution in [1.29, 1.82) is 5.26 Å². The van der Waals surface area contributed by atoms with E-state index in [1.54, 1.807) is 48.7 Å². The number of aromatic nitrogens is 2. The Morgan fingerprint density at radius 2 is 2.03 bits per heavy atom. The number of carbonyl (C=O) groups excluding carboxylic acids is 1. The molecule has 1 amide bonds. The first kappa shape index (κ1) is 21.8. The zero-order valence-electron chi connectivity index (χ0n) is 18.0. The number of nitrogens with one attached hydrogen (secondary N) is 1. The Bertz CT molecular complexity index is 1350. The van der Waals surface area contributed by atoms with Gasteiger partial charge in [0.1, 0.15) is 23.1 Å². The molecule has 0 fully saturated rings. The molecule has 0 aliphatic heterocycles. The molecule has 0 aliphatic carbocycles. The van der Waals surface area contributed by atoms with Crippen LogP contribution in [0.1, 0.15) is 23.8 Å². The molecular formula is C25H22N4O4. The van der Waals surface area contributed by atoms with Gasteiger partial charge in [-0.25, -0.2) is 0 Å². The Balaban J connectivity index is 1.65. The highest BCUT2D eigenvalue weighted by atomic mass is 16.5. The number of rotatable bonds is 8. The molecule has 0 saturated heterocycles. The van der Waals surface area contributed by atoms with E-state index in [1.165, 1.54) is 10.7 Å². The zero-order valence-corrected chi connectivity index (χ0v) is 18.0. The Labute approximate surface area is 190 Å². The van der Waals surface area contributed by atoms with Gasteiger partial charge < -0.3 is 14.5 Å². The first-order valence-electron chi connectivity index (χ1n) is 10.6. The van der Waals surface area contributed by atoms with Gasteiger partial charge in [0.2, 0.25) is 11.8 Å². The van der Waals surface area contributed by atoms with Crippen molar-refractivity contribution >= 4 is 11.6 Å². The van der Waals surface area contributed by atoms with Crippen LogP contribution in [0.15, 0.2) is 76.3 Å². The lowest BCUT2D eigenvalue weighted by atomic mass is 10.0. The van der Waals surface area contributed by atoms with Gasteiger partial charge in [-0.1, -0.05) is 25.1 Å². The molecule has 33 heavy (non-hydrogen) atoms. The molecule has 3 heterocycles. The number of furan rings is 1. The van der Waals surface area contributed by atoms with E-state index in [-0.39, 0.29) is 30.0 Å². The van der Waals surface area contributed by atoms with Crippen LogP contribution in [0.5, 0.6) is 11.6 Å². The number of nitriles is 1. The molecule has 0 spiro atoms. The number of benzene rings is 1. The average Bonchev–Trinajstić information content (AvgIpc) is 3.37. The van der Waals surface area contributed by atoms with E-state index in [2.05, 4.69) is 17.2 Å². The number of nitrogens with zero attached hydrogens (tertiary/aromatic N) is 3. The number of hydrogen-bond donors (Lipinski definition) is 1. The van der Waals surface area contributed by atoms with E-state index < -0.39 is 11.8 Å². The fourth-order valence-electron chi connectivity index (χ4n) is 3.38. The summed E-state index contributed by atoms with van der Waals surface area (Å²) in [6.07, 6.45) is 3.83. The standard InChI is InChI=1S/C25H22N4O4/c1-2-17-8-10-19(11-9-17)33-24-21(25(31)29-12-4-3-7-22(29)28-24)14-18(15-26)23(30)27-16-20-6-5-13-32-20/h3-13,18H,2,14,16H2,1H3,(H,27,30). The lowest BCUT2D eigenvalue weighted by molar-refractivity contribution is -0.123. The highest BCUT2D eigenvalue weighted by molar-refractivity contribution is 5.81. The Morgan fingerprint density at radius 3 is 2.73 bits per heavy atom. The maximum Gasteiger partial charge on any atom is 0.264 e. The van der Waals surface area contributed by atoms with Gasteiger partial charge in [-0.3, -0.25) is 14.0 Å². The van der Waals surface area contributed by atoms with Gasteiger partial charge in [0, 0.05) is 12.6 Å². The van der Waals surface area contributed by atoms with E-state index in [0.717, 1.165) is 12.0 Å². The van der Waals surface area contributed by atoms with Crippen LogP contribution in [0.4, 0.5) is 0 Å². The largest absolute Gasteiger partial charge is 0.467 e. The van der Waals surface area contributed by atoms with Crippen LogP contribution in [0.3, 0.4) is 0 Å². The molecule has 0 saturated carbocycles. The second-order valence-corrected chi connectivity index (χ2v) is 7.41. The van der Waals surface area contributed by atoms with Crippen LogP contribution >= 0.6 is 0 Å². The van der Waals surface area contributed by atoms with Gasteiger partial charge in [-0.15, -0.1) is 0 Å². The molecule has 3 aromatic heterocycles. The maximum absolute atomic E-state index is 13.2. The summed E-state index contributed by atoms with van der Waals surface area (Å²) in [6.45, 7) is 2.20. The number of ether oxygens (including phenoxy) is 1. The number of aryl methyl sites for hydroxylation is 1. The van der Waals surface area contributed by atoms with Crippen molar-refractivity contribution in [1.82, 2.24) is 14.7 Å². The summed E-state index contributed by atoms with van der Waals surface area (Å²) in [6, 6.07) is 18.1. The summed E-state index contributed by atoms with van der Waals surface area (Å²) in [4.78, 5) is 30.4. The van der Waals surface area contributed by atoms with Crippen LogP contribution < -0.4 is 15.6 Å². The molecule has 1 N–H and O–H groups in total. The van der Waals surface area contributed by atoms with Crippen molar-refractivity contribution < 1.29 is 13.9 Å². The summed E-state index contributed by atoms with van der Waals surface area (Å²) < 4.78 is 12.5. The molecule has 1 atom stereocenters. The topological polar surface area (TPSA) is 110 Å². The summed E-state index contributed by atoms with van der Waals surface area (Å²) in [5, 5.41) is 12.3. The predicted molar refractivity (Wildman–Crippen MR) is 121 cm³/mol. The minimum absolute atomic E-state index is 0.0783. The van der Waals surface area contributed by atoms with Crippen molar-refractivity contribution in [2.24, 2.45) is 5.92 Å². The second kappa shape index (κ2) is 9.83. The quantitative estimate of drug-likeness (QED) is 0.446. The molecule has 0 bridgehead atoms. The third kappa shape index (κ3) is 4.93. The molecule has 8 nitrogen and oxygen atoms in total. The third-order valence-corrected chi connectivity index (χ3v) is 5.23. The molecule has 1 aromatic carbocycles. The van der Waals surface area contributed by atoms with Crippen molar-refractivity contribution in [2.45, 2.75) is 26.3 Å². The minimum atomic E-state index is -1.11. The number of fused-ring (bicyclic) bond motifs is 1. The van der Waals surface area contributed by atoms with Gasteiger partial charge in [-0.2, -0.15) is 10.2 Å². The third-order valence-electron chi connectivity index (χ3n) is 5.23. The zero-order chi connectivity index (χ0) is 23.2. The monoisotopic (exact) mass is 442 g/mol. The fraction of sp³-hybridized carbons (Fsp3) is 0.200. The summed E-state index contributed by atoms with van der Waals surface area (Å²) in [5.41, 5.74) is 1.31. The van der Waals surface area contributed by atoms with E-state index in [9.17, 15) is 14.9 Å². The average molecular weight is 442 g/mol. The van der Waals surface area contributed by atoms with E-state index in [4.69, 9.17) is 9.15 Å². The van der Waals surface area contributed by atoms with Crippen LogP contribution in [0, 0.1) is 17.2 Å². The number of pyridine rings is 1. The van der Waals surface area contributed by atoms with E-state index >= 15 is 0 Å². The summed E-state index contributed by atoms with van der Waals surface area (Å²) in [5.74, 6) is -0.469. The van der Waals surface area contributed by atoms with Crippen LogP contribution in [0.2, 0.25) is 0 Å². The fourth-order valence-corrected chi connectivity index (χ4v) is 3.38. The van der Waals surface area contributed by atoms with Crippen molar-refractivity contribution in [3.8, 4) is 17.7 Å². The number of amides is 1. The molecule has 166 valence electrons. The smallest absolute Gasteiger partial charge is 0.264 e. The van der Waals surface area contributed by atoms with Gasteiger partial charge in [0.05, 0.1) is 24.4 Å². The van der Waals surface area contributed by atoms with Crippen LogP contribution in [0.25, 0.3) is 5.65 Å². The molecule has 4 aromatic rings. The van der Waals surface area contributed by atoms with Crippen LogP contribution in [-0.2, 0) is 24.2 Å². The van der Waals surface area contributed by atoms with Crippen LogP contribution in [-0.4, -0.2) is 15.3 Å². The van der Waals surface area contributed by atoms with E-state index in [1.807, 2.05) is 18.2 Å².